The monoisotopic (exact) mass is 341 g/mol. The van der Waals surface area contributed by atoms with E-state index in [-0.39, 0.29) is 0 Å². The molecule has 0 spiro atoms. The van der Waals surface area contributed by atoms with Crippen molar-refractivity contribution in [3.8, 4) is 0 Å². The van der Waals surface area contributed by atoms with Crippen molar-refractivity contribution in [1.29, 1.82) is 0 Å². The van der Waals surface area contributed by atoms with Crippen molar-refractivity contribution in [2.24, 2.45) is 16.8 Å². The molecule has 1 N–H and O–H groups in total. The van der Waals surface area contributed by atoms with Crippen molar-refractivity contribution < 1.29 is 9.47 Å². The van der Waals surface area contributed by atoms with Gasteiger partial charge in [-0.25, -0.2) is 0 Å². The van der Waals surface area contributed by atoms with Crippen LogP contribution in [0.15, 0.2) is 4.99 Å². The molecule has 0 atom stereocenters. The topological polar surface area (TPSA) is 46.1 Å². The molecule has 0 aromatic heterocycles. The lowest BCUT2D eigenvalue weighted by Crippen LogP contribution is -2.42. The largest absolute Gasteiger partial charge is 0.382 e. The number of hydrogen-bond donors (Lipinski definition) is 1. The molecule has 0 heterocycles. The van der Waals surface area contributed by atoms with Crippen molar-refractivity contribution in [2.45, 2.75) is 52.4 Å². The van der Waals surface area contributed by atoms with Crippen molar-refractivity contribution in [3.05, 3.63) is 0 Å². The molecule has 0 aliphatic heterocycles. The van der Waals surface area contributed by atoms with E-state index in [1.54, 1.807) is 7.11 Å². The number of guanidine groups is 1. The smallest absolute Gasteiger partial charge is 0.193 e. The molecule has 1 aliphatic carbocycles. The lowest BCUT2D eigenvalue weighted by Gasteiger charge is -2.31. The zero-order valence-electron chi connectivity index (χ0n) is 16.4. The van der Waals surface area contributed by atoms with Crippen LogP contribution < -0.4 is 5.32 Å². The molecule has 0 aromatic carbocycles. The molecule has 5 heteroatoms. The number of methoxy groups -OCH3 is 1. The first-order valence-corrected chi connectivity index (χ1v) is 9.73. The van der Waals surface area contributed by atoms with Gasteiger partial charge in [0.05, 0.1) is 13.2 Å². The first-order valence-electron chi connectivity index (χ1n) is 9.73. The summed E-state index contributed by atoms with van der Waals surface area (Å²) >= 11 is 0. The van der Waals surface area contributed by atoms with E-state index < -0.39 is 0 Å². The summed E-state index contributed by atoms with van der Waals surface area (Å²) in [5, 5.41) is 3.43. The van der Waals surface area contributed by atoms with Gasteiger partial charge in [-0.15, -0.1) is 0 Å². The summed E-state index contributed by atoms with van der Waals surface area (Å²) in [5.74, 6) is 2.79. The standard InChI is InChI=1S/C19H39N3O2/c1-5-20-19(21-12-6-7-13-24-15-14-23-4)22(3)16-18-10-8-17(2)9-11-18/h17-18H,5-16H2,1-4H3,(H,20,21). The highest BCUT2D eigenvalue weighted by atomic mass is 16.5. The van der Waals surface area contributed by atoms with E-state index >= 15 is 0 Å². The van der Waals surface area contributed by atoms with E-state index in [0.717, 1.165) is 56.9 Å². The van der Waals surface area contributed by atoms with Crippen LogP contribution in [0.4, 0.5) is 0 Å². The van der Waals surface area contributed by atoms with E-state index in [9.17, 15) is 0 Å². The summed E-state index contributed by atoms with van der Waals surface area (Å²) in [6.07, 6.45) is 7.62. The van der Waals surface area contributed by atoms with Crippen LogP contribution in [0, 0.1) is 11.8 Å². The molecule has 0 unspecified atom stereocenters. The van der Waals surface area contributed by atoms with E-state index in [1.807, 2.05) is 0 Å². The van der Waals surface area contributed by atoms with Gasteiger partial charge in [0.1, 0.15) is 0 Å². The van der Waals surface area contributed by atoms with Crippen LogP contribution in [0.2, 0.25) is 0 Å². The third kappa shape index (κ3) is 9.48. The molecule has 1 aliphatic rings. The fraction of sp³-hybridized carbons (Fsp3) is 0.947. The lowest BCUT2D eigenvalue weighted by atomic mass is 9.83. The van der Waals surface area contributed by atoms with E-state index in [4.69, 9.17) is 14.5 Å². The maximum Gasteiger partial charge on any atom is 0.193 e. The van der Waals surface area contributed by atoms with Crippen LogP contribution in [0.3, 0.4) is 0 Å². The van der Waals surface area contributed by atoms with Gasteiger partial charge in [0.15, 0.2) is 5.96 Å². The maximum absolute atomic E-state index is 5.49. The lowest BCUT2D eigenvalue weighted by molar-refractivity contribution is 0.0690. The fourth-order valence-corrected chi connectivity index (χ4v) is 3.20. The minimum absolute atomic E-state index is 0.674. The summed E-state index contributed by atoms with van der Waals surface area (Å²) in [6.45, 7) is 9.58. The van der Waals surface area contributed by atoms with Crippen molar-refractivity contribution >= 4 is 5.96 Å². The number of nitrogens with one attached hydrogen (secondary N) is 1. The molecular weight excluding hydrogens is 302 g/mol. The van der Waals surface area contributed by atoms with Crippen molar-refractivity contribution in [2.75, 3.05) is 53.6 Å². The first-order chi connectivity index (χ1) is 11.7. The number of rotatable bonds is 11. The van der Waals surface area contributed by atoms with Gasteiger partial charge >= 0.3 is 0 Å². The predicted molar refractivity (Wildman–Crippen MR) is 102 cm³/mol. The Labute approximate surface area is 149 Å². The normalized spacial score (nSPS) is 21.8. The molecular formula is C19H39N3O2. The minimum atomic E-state index is 0.674. The van der Waals surface area contributed by atoms with Crippen LogP contribution in [0.25, 0.3) is 0 Å². The van der Waals surface area contributed by atoms with E-state index in [2.05, 4.69) is 31.1 Å². The summed E-state index contributed by atoms with van der Waals surface area (Å²) in [4.78, 5) is 7.10. The molecule has 1 rings (SSSR count). The van der Waals surface area contributed by atoms with Crippen LogP contribution in [-0.2, 0) is 9.47 Å². The van der Waals surface area contributed by atoms with Crippen molar-refractivity contribution in [1.82, 2.24) is 10.2 Å². The molecule has 0 bridgehead atoms. The highest BCUT2D eigenvalue weighted by Crippen LogP contribution is 2.28. The molecule has 0 radical (unpaired) electrons. The zero-order valence-corrected chi connectivity index (χ0v) is 16.4. The third-order valence-electron chi connectivity index (χ3n) is 4.75. The van der Waals surface area contributed by atoms with Crippen LogP contribution in [-0.4, -0.2) is 64.5 Å². The third-order valence-corrected chi connectivity index (χ3v) is 4.75. The van der Waals surface area contributed by atoms with Crippen LogP contribution >= 0.6 is 0 Å². The fourth-order valence-electron chi connectivity index (χ4n) is 3.20. The Morgan fingerprint density at radius 3 is 2.54 bits per heavy atom. The number of hydrogen-bond acceptors (Lipinski definition) is 3. The van der Waals surface area contributed by atoms with Gasteiger partial charge in [0.2, 0.25) is 0 Å². The summed E-state index contributed by atoms with van der Waals surface area (Å²) in [5.41, 5.74) is 0. The molecule has 0 aromatic rings. The highest BCUT2D eigenvalue weighted by molar-refractivity contribution is 5.79. The zero-order chi connectivity index (χ0) is 17.6. The van der Waals surface area contributed by atoms with Crippen LogP contribution in [0.1, 0.15) is 52.4 Å². The average Bonchev–Trinajstić information content (AvgIpc) is 2.58. The maximum atomic E-state index is 5.49. The number of nitrogens with zero attached hydrogens (tertiary/aromatic N) is 2. The van der Waals surface area contributed by atoms with Gasteiger partial charge in [0, 0.05) is 40.4 Å². The quantitative estimate of drug-likeness (QED) is 0.356. The van der Waals surface area contributed by atoms with Gasteiger partial charge < -0.3 is 19.7 Å². The summed E-state index contributed by atoms with van der Waals surface area (Å²) in [7, 11) is 3.87. The van der Waals surface area contributed by atoms with Gasteiger partial charge in [-0.3, -0.25) is 4.99 Å². The Balaban J connectivity index is 2.25. The van der Waals surface area contributed by atoms with Gasteiger partial charge in [-0.05, 0) is 44.4 Å². The Bertz CT molecular complexity index is 329. The molecule has 1 fully saturated rings. The summed E-state index contributed by atoms with van der Waals surface area (Å²) < 4.78 is 10.4. The number of aliphatic imine (C=N–C) groups is 1. The molecule has 142 valence electrons. The second kappa shape index (κ2) is 13.5. The average molecular weight is 342 g/mol. The molecule has 24 heavy (non-hydrogen) atoms. The molecule has 1 saturated carbocycles. The first kappa shape index (κ1) is 21.2. The van der Waals surface area contributed by atoms with Crippen LogP contribution in [0.5, 0.6) is 0 Å². The predicted octanol–water partition coefficient (Wildman–Crippen LogP) is 3.15. The Hall–Kier alpha value is -0.810. The summed E-state index contributed by atoms with van der Waals surface area (Å²) in [6, 6.07) is 0. The molecule has 5 nitrogen and oxygen atoms in total. The van der Waals surface area contributed by atoms with Gasteiger partial charge in [0.25, 0.3) is 0 Å². The number of ether oxygens (including phenoxy) is 2. The molecule has 0 amide bonds. The van der Waals surface area contributed by atoms with Gasteiger partial charge in [-0.1, -0.05) is 19.8 Å². The second-order valence-electron chi connectivity index (χ2n) is 7.05. The SMILES string of the molecule is CCNC(=NCCCCOCCOC)N(C)CC1CCC(C)CC1. The minimum Gasteiger partial charge on any atom is -0.382 e. The van der Waals surface area contributed by atoms with Crippen molar-refractivity contribution in [3.63, 3.8) is 0 Å². The highest BCUT2D eigenvalue weighted by Gasteiger charge is 2.20. The Kier molecular flexibility index (Phi) is 11.9. The Morgan fingerprint density at radius 2 is 1.88 bits per heavy atom. The second-order valence-corrected chi connectivity index (χ2v) is 7.05. The Morgan fingerprint density at radius 1 is 1.12 bits per heavy atom. The van der Waals surface area contributed by atoms with E-state index in [0.29, 0.717) is 13.2 Å². The van der Waals surface area contributed by atoms with Gasteiger partial charge in [-0.2, -0.15) is 0 Å². The number of unbranched alkanes of at least 4 members (excludes halogenated alkanes) is 1. The van der Waals surface area contributed by atoms with E-state index in [1.165, 1.54) is 25.7 Å². The molecule has 0 saturated heterocycles.